The third-order valence-corrected chi connectivity index (χ3v) is 5.04. The van der Waals surface area contributed by atoms with E-state index < -0.39 is 0 Å². The Labute approximate surface area is 111 Å². The highest BCUT2D eigenvalue weighted by atomic mass is 16.2. The minimum Gasteiger partial charge on any atom is -0.322 e. The van der Waals surface area contributed by atoms with E-state index in [1.807, 2.05) is 0 Å². The number of hydrogen-bond donors (Lipinski definition) is 1. The molecule has 1 aliphatic heterocycles. The molecule has 3 heteroatoms. The van der Waals surface area contributed by atoms with Gasteiger partial charge in [-0.1, -0.05) is 34.6 Å². The van der Waals surface area contributed by atoms with Crippen LogP contribution in [0.3, 0.4) is 0 Å². The highest BCUT2D eigenvalue weighted by Gasteiger charge is 2.46. The lowest BCUT2D eigenvalue weighted by Gasteiger charge is -2.35. The molecule has 2 rings (SSSR count). The van der Waals surface area contributed by atoms with Crippen molar-refractivity contribution in [3.05, 3.63) is 0 Å². The van der Waals surface area contributed by atoms with E-state index in [4.69, 9.17) is 0 Å². The number of nitrogens with zero attached hydrogens (tertiary/aromatic N) is 1. The van der Waals surface area contributed by atoms with Crippen LogP contribution in [-0.2, 0) is 4.79 Å². The zero-order valence-corrected chi connectivity index (χ0v) is 12.4. The Hall–Kier alpha value is -0.570. The maximum atomic E-state index is 12.6. The second-order valence-corrected chi connectivity index (χ2v) is 6.54. The molecule has 2 aliphatic rings. The van der Waals surface area contributed by atoms with Crippen LogP contribution in [0.2, 0.25) is 0 Å². The summed E-state index contributed by atoms with van der Waals surface area (Å²) in [5.41, 5.74) is 0. The second-order valence-electron chi connectivity index (χ2n) is 6.54. The van der Waals surface area contributed by atoms with Crippen LogP contribution in [0, 0.1) is 17.8 Å². The van der Waals surface area contributed by atoms with Crippen LogP contribution >= 0.6 is 0 Å². The van der Waals surface area contributed by atoms with Crippen molar-refractivity contribution in [2.24, 2.45) is 17.8 Å². The topological polar surface area (TPSA) is 32.3 Å². The third-order valence-electron chi connectivity index (χ3n) is 5.04. The van der Waals surface area contributed by atoms with E-state index in [0.717, 1.165) is 12.3 Å². The monoisotopic (exact) mass is 252 g/mol. The number of carbonyl (C=O) groups is 1. The molecule has 3 nitrogen and oxygen atoms in total. The largest absolute Gasteiger partial charge is 0.322 e. The molecule has 18 heavy (non-hydrogen) atoms. The first kappa shape index (κ1) is 13.9. The SMILES string of the molecule is CCC1NC(C(C)C)N(C2CCC(C)C2C)C1=O. The van der Waals surface area contributed by atoms with E-state index in [1.165, 1.54) is 12.8 Å². The fourth-order valence-corrected chi connectivity index (χ4v) is 3.58. The Balaban J connectivity index is 2.20. The average Bonchev–Trinajstić information content (AvgIpc) is 2.81. The fraction of sp³-hybridized carbons (Fsp3) is 0.933. The molecular formula is C15H28N2O. The predicted molar refractivity (Wildman–Crippen MR) is 74.0 cm³/mol. The summed E-state index contributed by atoms with van der Waals surface area (Å²) in [5.74, 6) is 2.19. The van der Waals surface area contributed by atoms with Crippen molar-refractivity contribution in [3.63, 3.8) is 0 Å². The average molecular weight is 252 g/mol. The smallest absolute Gasteiger partial charge is 0.241 e. The fourth-order valence-electron chi connectivity index (χ4n) is 3.58. The molecule has 0 aromatic heterocycles. The minimum atomic E-state index is 0.0421. The molecular weight excluding hydrogens is 224 g/mol. The van der Waals surface area contributed by atoms with Crippen LogP contribution in [0.15, 0.2) is 0 Å². The molecule has 1 heterocycles. The van der Waals surface area contributed by atoms with Crippen LogP contribution in [0.1, 0.15) is 53.9 Å². The summed E-state index contributed by atoms with van der Waals surface area (Å²) in [5, 5.41) is 3.53. The van der Waals surface area contributed by atoms with E-state index in [2.05, 4.69) is 44.8 Å². The molecule has 0 aromatic carbocycles. The standard InChI is InChI=1S/C15H28N2O/c1-6-12-15(18)17(14(16-12)9(2)3)13-8-7-10(4)11(13)5/h9-14,16H,6-8H2,1-5H3. The summed E-state index contributed by atoms with van der Waals surface area (Å²) >= 11 is 0. The molecule has 0 radical (unpaired) electrons. The van der Waals surface area contributed by atoms with Gasteiger partial charge in [-0.05, 0) is 37.0 Å². The van der Waals surface area contributed by atoms with E-state index >= 15 is 0 Å². The minimum absolute atomic E-state index is 0.0421. The van der Waals surface area contributed by atoms with Gasteiger partial charge in [-0.25, -0.2) is 0 Å². The predicted octanol–water partition coefficient (Wildman–Crippen LogP) is 2.61. The van der Waals surface area contributed by atoms with Crippen molar-refractivity contribution in [2.45, 2.75) is 72.1 Å². The van der Waals surface area contributed by atoms with Crippen molar-refractivity contribution in [1.29, 1.82) is 0 Å². The molecule has 0 spiro atoms. The summed E-state index contributed by atoms with van der Waals surface area (Å²) in [4.78, 5) is 14.7. The summed E-state index contributed by atoms with van der Waals surface area (Å²) in [6, 6.07) is 0.490. The van der Waals surface area contributed by atoms with Gasteiger partial charge in [0.25, 0.3) is 0 Å². The highest BCUT2D eigenvalue weighted by molar-refractivity contribution is 5.84. The molecule has 5 unspecified atom stereocenters. The molecule has 1 saturated carbocycles. The highest BCUT2D eigenvalue weighted by Crippen LogP contribution is 2.38. The van der Waals surface area contributed by atoms with Crippen molar-refractivity contribution in [3.8, 4) is 0 Å². The maximum absolute atomic E-state index is 12.6. The van der Waals surface area contributed by atoms with Gasteiger partial charge < -0.3 is 4.90 Å². The maximum Gasteiger partial charge on any atom is 0.241 e. The summed E-state index contributed by atoms with van der Waals surface area (Å²) in [6.45, 7) is 11.1. The van der Waals surface area contributed by atoms with E-state index in [-0.39, 0.29) is 12.2 Å². The zero-order valence-electron chi connectivity index (χ0n) is 12.4. The first-order valence-electron chi connectivity index (χ1n) is 7.55. The Kier molecular flexibility index (Phi) is 4.00. The normalized spacial score (nSPS) is 41.1. The third kappa shape index (κ3) is 2.18. The van der Waals surface area contributed by atoms with Gasteiger partial charge >= 0.3 is 0 Å². The van der Waals surface area contributed by atoms with Gasteiger partial charge in [0.05, 0.1) is 12.2 Å². The van der Waals surface area contributed by atoms with E-state index in [9.17, 15) is 4.79 Å². The van der Waals surface area contributed by atoms with Crippen molar-refractivity contribution in [2.75, 3.05) is 0 Å². The van der Waals surface area contributed by atoms with Crippen LogP contribution in [0.25, 0.3) is 0 Å². The molecule has 104 valence electrons. The Bertz CT molecular complexity index is 316. The van der Waals surface area contributed by atoms with Gasteiger partial charge in [0.2, 0.25) is 5.91 Å². The van der Waals surface area contributed by atoms with Gasteiger partial charge in [0.1, 0.15) is 0 Å². The molecule has 1 amide bonds. The lowest BCUT2D eigenvalue weighted by Crippen LogP contribution is -2.48. The second kappa shape index (κ2) is 5.20. The van der Waals surface area contributed by atoms with Crippen LogP contribution in [0.5, 0.6) is 0 Å². The van der Waals surface area contributed by atoms with Gasteiger partial charge in [-0.15, -0.1) is 0 Å². The van der Waals surface area contributed by atoms with E-state index in [0.29, 0.717) is 23.8 Å². The molecule has 5 atom stereocenters. The zero-order chi connectivity index (χ0) is 13.4. The number of amides is 1. The van der Waals surface area contributed by atoms with Crippen LogP contribution in [-0.4, -0.2) is 29.1 Å². The van der Waals surface area contributed by atoms with Crippen molar-refractivity contribution >= 4 is 5.91 Å². The number of rotatable bonds is 3. The Morgan fingerprint density at radius 3 is 2.44 bits per heavy atom. The molecule has 1 aliphatic carbocycles. The van der Waals surface area contributed by atoms with Crippen LogP contribution in [0.4, 0.5) is 0 Å². The van der Waals surface area contributed by atoms with Gasteiger partial charge in [0.15, 0.2) is 0 Å². The lowest BCUT2D eigenvalue weighted by molar-refractivity contribution is -0.133. The molecule has 1 saturated heterocycles. The molecule has 2 fully saturated rings. The summed E-state index contributed by atoms with van der Waals surface area (Å²) in [6.07, 6.45) is 3.57. The lowest BCUT2D eigenvalue weighted by atomic mass is 9.95. The van der Waals surface area contributed by atoms with Crippen molar-refractivity contribution < 1.29 is 4.79 Å². The number of carbonyl (C=O) groups excluding carboxylic acids is 1. The summed E-state index contributed by atoms with van der Waals surface area (Å²) < 4.78 is 0. The molecule has 0 aromatic rings. The Morgan fingerprint density at radius 2 is 2.00 bits per heavy atom. The van der Waals surface area contributed by atoms with Gasteiger partial charge in [-0.2, -0.15) is 0 Å². The van der Waals surface area contributed by atoms with Crippen molar-refractivity contribution in [1.82, 2.24) is 10.2 Å². The van der Waals surface area contributed by atoms with Gasteiger partial charge in [0, 0.05) is 6.04 Å². The quantitative estimate of drug-likeness (QED) is 0.837. The first-order chi connectivity index (χ1) is 8.47. The first-order valence-corrected chi connectivity index (χ1v) is 7.55. The van der Waals surface area contributed by atoms with Gasteiger partial charge in [-0.3, -0.25) is 10.1 Å². The summed E-state index contributed by atoms with van der Waals surface area (Å²) in [7, 11) is 0. The number of nitrogens with one attached hydrogen (secondary N) is 1. The van der Waals surface area contributed by atoms with Crippen LogP contribution < -0.4 is 5.32 Å². The molecule has 1 N–H and O–H groups in total. The molecule has 0 bridgehead atoms. The number of hydrogen-bond acceptors (Lipinski definition) is 2. The van der Waals surface area contributed by atoms with E-state index in [1.54, 1.807) is 0 Å². The Morgan fingerprint density at radius 1 is 1.33 bits per heavy atom.